The van der Waals surface area contributed by atoms with Crippen LogP contribution in [0, 0.1) is 30.6 Å². The summed E-state index contributed by atoms with van der Waals surface area (Å²) in [5, 5.41) is 9.12. The van der Waals surface area contributed by atoms with Gasteiger partial charge in [0.15, 0.2) is 0 Å². The lowest BCUT2D eigenvalue weighted by atomic mass is 9.86. The average Bonchev–Trinajstić information content (AvgIpc) is 3.00. The number of aromatic nitrogens is 1. The highest BCUT2D eigenvalue weighted by Gasteiger charge is 2.40. The third-order valence-electron chi connectivity index (χ3n) is 4.92. The summed E-state index contributed by atoms with van der Waals surface area (Å²) in [7, 11) is 0. The molecule has 1 saturated heterocycles. The van der Waals surface area contributed by atoms with Gasteiger partial charge in [-0.2, -0.15) is 5.26 Å². The summed E-state index contributed by atoms with van der Waals surface area (Å²) in [4.78, 5) is 7.07. The standard InChI is InChI=1S/C16H21N3/c1-12-9-15(18-13(2)14(12)10-17)19-8-7-16(11-19)5-3-4-6-16/h9H,3-8,11H2,1-2H3. The van der Waals surface area contributed by atoms with Crippen LogP contribution in [0.4, 0.5) is 5.82 Å². The van der Waals surface area contributed by atoms with Gasteiger partial charge >= 0.3 is 0 Å². The molecule has 1 aromatic heterocycles. The van der Waals surface area contributed by atoms with Crippen molar-refractivity contribution < 1.29 is 0 Å². The Morgan fingerprint density at radius 2 is 2.00 bits per heavy atom. The van der Waals surface area contributed by atoms with Gasteiger partial charge in [-0.25, -0.2) is 4.98 Å². The molecule has 0 unspecified atom stereocenters. The lowest BCUT2D eigenvalue weighted by Crippen LogP contribution is -2.25. The van der Waals surface area contributed by atoms with Gasteiger partial charge in [-0.15, -0.1) is 0 Å². The lowest BCUT2D eigenvalue weighted by Gasteiger charge is -2.24. The summed E-state index contributed by atoms with van der Waals surface area (Å²) in [5.41, 5.74) is 3.22. The van der Waals surface area contributed by atoms with Gasteiger partial charge in [0.1, 0.15) is 11.9 Å². The van der Waals surface area contributed by atoms with Crippen LogP contribution >= 0.6 is 0 Å². The van der Waals surface area contributed by atoms with E-state index in [4.69, 9.17) is 5.26 Å². The largest absolute Gasteiger partial charge is 0.356 e. The van der Waals surface area contributed by atoms with Gasteiger partial charge in [-0.3, -0.25) is 0 Å². The van der Waals surface area contributed by atoms with Crippen molar-refractivity contribution in [3.8, 4) is 6.07 Å². The molecule has 1 saturated carbocycles. The smallest absolute Gasteiger partial charge is 0.129 e. The van der Waals surface area contributed by atoms with Crippen molar-refractivity contribution in [3.63, 3.8) is 0 Å². The molecule has 0 aromatic carbocycles. The molecule has 3 rings (SSSR count). The maximum Gasteiger partial charge on any atom is 0.129 e. The average molecular weight is 255 g/mol. The van der Waals surface area contributed by atoms with Gasteiger partial charge in [0.25, 0.3) is 0 Å². The van der Waals surface area contributed by atoms with Gasteiger partial charge in [0.05, 0.1) is 11.3 Å². The number of hydrogen-bond donors (Lipinski definition) is 0. The molecule has 0 amide bonds. The van der Waals surface area contributed by atoms with Crippen LogP contribution in [0.15, 0.2) is 6.07 Å². The Bertz CT molecular complexity index is 512. The van der Waals surface area contributed by atoms with Crippen LogP contribution in [0.2, 0.25) is 0 Å². The van der Waals surface area contributed by atoms with Crippen LogP contribution in [-0.4, -0.2) is 18.1 Å². The number of anilines is 1. The fourth-order valence-electron chi connectivity index (χ4n) is 3.81. The monoisotopic (exact) mass is 255 g/mol. The molecule has 2 fully saturated rings. The number of hydrogen-bond acceptors (Lipinski definition) is 3. The molecule has 0 bridgehead atoms. The van der Waals surface area contributed by atoms with Crippen LogP contribution in [0.3, 0.4) is 0 Å². The van der Waals surface area contributed by atoms with Gasteiger partial charge < -0.3 is 4.90 Å². The molecular formula is C16H21N3. The second-order valence-electron chi connectivity index (χ2n) is 6.25. The summed E-state index contributed by atoms with van der Waals surface area (Å²) in [6.07, 6.45) is 6.88. The van der Waals surface area contributed by atoms with E-state index in [1.165, 1.54) is 32.1 Å². The van der Waals surface area contributed by atoms with Crippen molar-refractivity contribution in [2.75, 3.05) is 18.0 Å². The minimum absolute atomic E-state index is 0.567. The van der Waals surface area contributed by atoms with E-state index >= 15 is 0 Å². The molecule has 1 spiro atoms. The van der Waals surface area contributed by atoms with Crippen molar-refractivity contribution >= 4 is 5.82 Å². The van der Waals surface area contributed by atoms with Gasteiger partial charge in [0, 0.05) is 13.1 Å². The first-order valence-electron chi connectivity index (χ1n) is 7.27. The Balaban J connectivity index is 1.86. The molecular weight excluding hydrogens is 234 g/mol. The molecule has 0 atom stereocenters. The van der Waals surface area contributed by atoms with E-state index in [9.17, 15) is 0 Å². The summed E-state index contributed by atoms with van der Waals surface area (Å²) >= 11 is 0. The third-order valence-corrected chi connectivity index (χ3v) is 4.92. The molecule has 0 N–H and O–H groups in total. The lowest BCUT2D eigenvalue weighted by molar-refractivity contribution is 0.340. The molecule has 19 heavy (non-hydrogen) atoms. The van der Waals surface area contributed by atoms with E-state index in [1.807, 2.05) is 13.8 Å². The number of nitrogens with zero attached hydrogens (tertiary/aromatic N) is 3. The maximum atomic E-state index is 9.12. The zero-order valence-electron chi connectivity index (χ0n) is 11.9. The Hall–Kier alpha value is -1.56. The van der Waals surface area contributed by atoms with Crippen molar-refractivity contribution in [2.45, 2.75) is 46.0 Å². The Morgan fingerprint density at radius 1 is 1.26 bits per heavy atom. The van der Waals surface area contributed by atoms with Crippen LogP contribution in [0.5, 0.6) is 0 Å². The first kappa shape index (κ1) is 12.5. The number of nitriles is 1. The van der Waals surface area contributed by atoms with E-state index in [1.54, 1.807) is 0 Å². The predicted octanol–water partition coefficient (Wildman–Crippen LogP) is 3.34. The normalized spacial score (nSPS) is 21.0. The second kappa shape index (κ2) is 4.52. The molecule has 3 nitrogen and oxygen atoms in total. The fraction of sp³-hybridized carbons (Fsp3) is 0.625. The first-order valence-corrected chi connectivity index (χ1v) is 7.27. The fourth-order valence-corrected chi connectivity index (χ4v) is 3.81. The van der Waals surface area contributed by atoms with Crippen LogP contribution in [0.1, 0.15) is 48.9 Å². The van der Waals surface area contributed by atoms with E-state index in [-0.39, 0.29) is 0 Å². The molecule has 0 radical (unpaired) electrons. The Morgan fingerprint density at radius 3 is 2.63 bits per heavy atom. The van der Waals surface area contributed by atoms with E-state index < -0.39 is 0 Å². The second-order valence-corrected chi connectivity index (χ2v) is 6.25. The zero-order valence-corrected chi connectivity index (χ0v) is 11.9. The molecule has 2 aliphatic rings. The van der Waals surface area contributed by atoms with Crippen LogP contribution in [0.25, 0.3) is 0 Å². The number of pyridine rings is 1. The SMILES string of the molecule is Cc1cc(N2CCC3(CCCC3)C2)nc(C)c1C#N. The molecule has 1 aliphatic heterocycles. The Kier molecular flexibility index (Phi) is 2.97. The van der Waals surface area contributed by atoms with Crippen molar-refractivity contribution in [1.29, 1.82) is 5.26 Å². The molecule has 3 heteroatoms. The van der Waals surface area contributed by atoms with E-state index in [0.29, 0.717) is 5.41 Å². The van der Waals surface area contributed by atoms with Crippen LogP contribution in [-0.2, 0) is 0 Å². The van der Waals surface area contributed by atoms with Gasteiger partial charge in [-0.1, -0.05) is 12.8 Å². The third kappa shape index (κ3) is 2.10. The molecule has 1 aliphatic carbocycles. The number of rotatable bonds is 1. The highest BCUT2D eigenvalue weighted by molar-refractivity contribution is 5.51. The minimum Gasteiger partial charge on any atom is -0.356 e. The van der Waals surface area contributed by atoms with Crippen molar-refractivity contribution in [3.05, 3.63) is 22.9 Å². The topological polar surface area (TPSA) is 39.9 Å². The highest BCUT2D eigenvalue weighted by atomic mass is 15.2. The zero-order chi connectivity index (χ0) is 13.5. The predicted molar refractivity (Wildman–Crippen MR) is 76.2 cm³/mol. The number of aryl methyl sites for hydroxylation is 2. The summed E-state index contributed by atoms with van der Waals surface area (Å²) in [6, 6.07) is 4.33. The summed E-state index contributed by atoms with van der Waals surface area (Å²) < 4.78 is 0. The van der Waals surface area contributed by atoms with Crippen LogP contribution < -0.4 is 4.90 Å². The van der Waals surface area contributed by atoms with E-state index in [2.05, 4.69) is 22.0 Å². The highest BCUT2D eigenvalue weighted by Crippen LogP contribution is 2.46. The van der Waals surface area contributed by atoms with Crippen molar-refractivity contribution in [1.82, 2.24) is 4.98 Å². The molecule has 1 aromatic rings. The van der Waals surface area contributed by atoms with E-state index in [0.717, 1.165) is 35.7 Å². The van der Waals surface area contributed by atoms with Gasteiger partial charge in [0.2, 0.25) is 0 Å². The molecule has 100 valence electrons. The summed E-state index contributed by atoms with van der Waals surface area (Å²) in [6.45, 7) is 6.23. The minimum atomic E-state index is 0.567. The van der Waals surface area contributed by atoms with Gasteiger partial charge in [-0.05, 0) is 50.2 Å². The van der Waals surface area contributed by atoms with Crippen molar-refractivity contribution in [2.24, 2.45) is 5.41 Å². The summed E-state index contributed by atoms with van der Waals surface area (Å²) in [5.74, 6) is 1.07. The molecule has 2 heterocycles. The quantitative estimate of drug-likeness (QED) is 0.772. The Labute approximate surface area is 115 Å². The maximum absolute atomic E-state index is 9.12. The first-order chi connectivity index (χ1) is 9.13.